The molecule has 1 unspecified atom stereocenters. The number of primary amides is 1. The molecule has 1 aromatic rings. The summed E-state index contributed by atoms with van der Waals surface area (Å²) < 4.78 is 10.8. The van der Waals surface area contributed by atoms with Crippen molar-refractivity contribution in [1.29, 1.82) is 0 Å². The minimum absolute atomic E-state index is 0.109. The smallest absolute Gasteiger partial charge is 0.231 e. The number of ether oxygens (including phenoxy) is 2. The van der Waals surface area contributed by atoms with E-state index in [4.69, 9.17) is 15.2 Å². The zero-order chi connectivity index (χ0) is 21.4. The Hall–Kier alpha value is -1.97. The lowest BCUT2D eigenvalue weighted by molar-refractivity contribution is -0.122. The molecule has 1 aliphatic rings. The van der Waals surface area contributed by atoms with E-state index < -0.39 is 0 Å². The van der Waals surface area contributed by atoms with Crippen molar-refractivity contribution >= 4 is 5.91 Å². The molecule has 0 fully saturated rings. The van der Waals surface area contributed by atoms with Crippen molar-refractivity contribution in [2.45, 2.75) is 96.8 Å². The number of carbonyl (C=O) groups excluding carboxylic acids is 1. The number of fused-ring (bicyclic) bond motifs is 1. The predicted molar refractivity (Wildman–Crippen MR) is 124 cm³/mol. The van der Waals surface area contributed by atoms with E-state index in [0.29, 0.717) is 6.42 Å². The summed E-state index contributed by atoms with van der Waals surface area (Å²) in [5, 5.41) is 0. The number of nitrogens with two attached hydrogens (primary N) is 1. The molecule has 0 radical (unpaired) electrons. The predicted octanol–water partition coefficient (Wildman–Crippen LogP) is 6.71. The van der Waals surface area contributed by atoms with E-state index in [0.717, 1.165) is 36.3 Å². The van der Waals surface area contributed by atoms with Gasteiger partial charge in [0.05, 0.1) is 0 Å². The summed E-state index contributed by atoms with van der Waals surface area (Å²) in [4.78, 5) is 11.9. The van der Waals surface area contributed by atoms with Crippen LogP contribution in [0.5, 0.6) is 11.5 Å². The molecule has 1 aromatic carbocycles. The Morgan fingerprint density at radius 2 is 1.57 bits per heavy atom. The van der Waals surface area contributed by atoms with Crippen LogP contribution in [0.4, 0.5) is 0 Å². The van der Waals surface area contributed by atoms with Crippen molar-refractivity contribution in [3.63, 3.8) is 0 Å². The van der Waals surface area contributed by atoms with E-state index in [-0.39, 0.29) is 18.6 Å². The Bertz CT molecular complexity index is 641. The Morgan fingerprint density at radius 3 is 2.27 bits per heavy atom. The van der Waals surface area contributed by atoms with Crippen LogP contribution in [0.2, 0.25) is 0 Å². The summed E-state index contributed by atoms with van der Waals surface area (Å²) in [6, 6.07) is 5.88. The maximum atomic E-state index is 11.9. The molecule has 2 N–H and O–H groups in total. The van der Waals surface area contributed by atoms with E-state index in [9.17, 15) is 4.79 Å². The molecule has 2 rings (SSSR count). The molecule has 168 valence electrons. The molecule has 0 saturated carbocycles. The van der Waals surface area contributed by atoms with E-state index in [1.807, 2.05) is 18.2 Å². The van der Waals surface area contributed by atoms with Crippen molar-refractivity contribution in [1.82, 2.24) is 0 Å². The van der Waals surface area contributed by atoms with E-state index >= 15 is 0 Å². The lowest BCUT2D eigenvalue weighted by Crippen LogP contribution is -2.25. The van der Waals surface area contributed by atoms with Crippen LogP contribution in [0.3, 0.4) is 0 Å². The highest BCUT2D eigenvalue weighted by Gasteiger charge is 2.18. The molecular weight excluding hydrogens is 374 g/mol. The molecule has 4 heteroatoms. The molecular formula is C26H41NO3. The molecule has 1 heterocycles. The van der Waals surface area contributed by atoms with Gasteiger partial charge >= 0.3 is 0 Å². The molecule has 1 atom stereocenters. The topological polar surface area (TPSA) is 61.6 Å². The normalized spacial score (nSPS) is 13.8. The van der Waals surface area contributed by atoms with E-state index in [1.165, 1.54) is 64.2 Å². The lowest BCUT2D eigenvalue weighted by atomic mass is 9.92. The first-order valence-electron chi connectivity index (χ1n) is 12.0. The molecule has 1 aliphatic heterocycles. The third-order valence-electron chi connectivity index (χ3n) is 5.89. The Kier molecular flexibility index (Phi) is 12.1. The number of amides is 1. The van der Waals surface area contributed by atoms with Crippen LogP contribution in [0.1, 0.15) is 96.0 Å². The average Bonchev–Trinajstić information content (AvgIpc) is 3.21. The molecule has 0 aliphatic carbocycles. The second-order valence-electron chi connectivity index (χ2n) is 8.51. The number of carbonyl (C=O) groups is 1. The van der Waals surface area contributed by atoms with Crippen LogP contribution in [0.25, 0.3) is 0 Å². The second-order valence-corrected chi connectivity index (χ2v) is 8.51. The highest BCUT2D eigenvalue weighted by atomic mass is 16.7. The summed E-state index contributed by atoms with van der Waals surface area (Å²) in [6.07, 6.45) is 21.5. The van der Waals surface area contributed by atoms with Crippen molar-refractivity contribution < 1.29 is 14.3 Å². The highest BCUT2D eigenvalue weighted by Crippen LogP contribution is 2.33. The number of allylic oxidation sites excluding steroid dienone is 2. The molecule has 0 aromatic heterocycles. The van der Waals surface area contributed by atoms with Crippen LogP contribution >= 0.6 is 0 Å². The average molecular weight is 416 g/mol. The molecule has 30 heavy (non-hydrogen) atoms. The van der Waals surface area contributed by atoms with E-state index in [2.05, 4.69) is 19.1 Å². The maximum absolute atomic E-state index is 11.9. The van der Waals surface area contributed by atoms with Crippen molar-refractivity contribution in [3.8, 4) is 11.5 Å². The van der Waals surface area contributed by atoms with Gasteiger partial charge in [-0.1, -0.05) is 76.5 Å². The number of rotatable bonds is 17. The summed E-state index contributed by atoms with van der Waals surface area (Å²) in [6.45, 7) is 2.53. The van der Waals surface area contributed by atoms with Gasteiger partial charge in [0, 0.05) is 5.92 Å². The largest absolute Gasteiger partial charge is 0.454 e. The Balaban J connectivity index is 1.51. The molecule has 1 amide bonds. The minimum Gasteiger partial charge on any atom is -0.454 e. The third-order valence-corrected chi connectivity index (χ3v) is 5.89. The zero-order valence-corrected chi connectivity index (χ0v) is 18.9. The molecule has 4 nitrogen and oxygen atoms in total. The Labute approximate surface area is 183 Å². The van der Waals surface area contributed by atoms with Gasteiger partial charge in [-0.2, -0.15) is 0 Å². The molecule has 0 saturated heterocycles. The SMILES string of the molecule is CCCCCCCC/C=C\CCCCCCC(Cc1ccc2c(c1)OCO2)C(N)=O. The summed E-state index contributed by atoms with van der Waals surface area (Å²) in [5.74, 6) is 1.23. The number of hydrogen-bond acceptors (Lipinski definition) is 3. The van der Waals surface area contributed by atoms with Gasteiger partial charge in [-0.3, -0.25) is 4.79 Å². The maximum Gasteiger partial charge on any atom is 0.231 e. The van der Waals surface area contributed by atoms with Crippen molar-refractivity contribution in [3.05, 3.63) is 35.9 Å². The van der Waals surface area contributed by atoms with Gasteiger partial charge in [-0.25, -0.2) is 0 Å². The summed E-state index contributed by atoms with van der Waals surface area (Å²) in [5.41, 5.74) is 6.73. The molecule has 0 spiro atoms. The first-order chi connectivity index (χ1) is 14.7. The first-order valence-corrected chi connectivity index (χ1v) is 12.0. The molecule has 0 bridgehead atoms. The second kappa shape index (κ2) is 14.9. The van der Waals surface area contributed by atoms with Crippen LogP contribution < -0.4 is 15.2 Å². The third kappa shape index (κ3) is 9.69. The van der Waals surface area contributed by atoms with Gasteiger partial charge < -0.3 is 15.2 Å². The fraction of sp³-hybridized carbons (Fsp3) is 0.654. The fourth-order valence-electron chi connectivity index (χ4n) is 3.98. The van der Waals surface area contributed by atoms with Gasteiger partial charge in [0.1, 0.15) is 0 Å². The van der Waals surface area contributed by atoms with Crippen LogP contribution in [-0.2, 0) is 11.2 Å². The van der Waals surface area contributed by atoms with Gasteiger partial charge in [0.15, 0.2) is 11.5 Å². The van der Waals surface area contributed by atoms with Crippen LogP contribution in [0.15, 0.2) is 30.4 Å². The monoisotopic (exact) mass is 415 g/mol. The van der Waals surface area contributed by atoms with Crippen molar-refractivity contribution in [2.24, 2.45) is 11.7 Å². The van der Waals surface area contributed by atoms with Gasteiger partial charge in [0.2, 0.25) is 12.7 Å². The minimum atomic E-state index is -0.203. The standard InChI is InChI=1S/C26H41NO3/c1-2-3-4-5-6-7-8-9-10-11-12-13-14-15-16-23(26(27)28)19-22-17-18-24-25(20-22)30-21-29-24/h9-10,17-18,20,23H,2-8,11-16,19,21H2,1H3,(H2,27,28)/b10-9-. The van der Waals surface area contributed by atoms with Gasteiger partial charge in [-0.15, -0.1) is 0 Å². The summed E-state index contributed by atoms with van der Waals surface area (Å²) >= 11 is 0. The van der Waals surface area contributed by atoms with Crippen LogP contribution in [-0.4, -0.2) is 12.7 Å². The lowest BCUT2D eigenvalue weighted by Gasteiger charge is -2.13. The van der Waals surface area contributed by atoms with Gasteiger partial charge in [-0.05, 0) is 56.2 Å². The summed E-state index contributed by atoms with van der Waals surface area (Å²) in [7, 11) is 0. The quantitative estimate of drug-likeness (QED) is 0.227. The van der Waals surface area contributed by atoms with E-state index in [1.54, 1.807) is 0 Å². The highest BCUT2D eigenvalue weighted by molar-refractivity contribution is 5.77. The van der Waals surface area contributed by atoms with Crippen molar-refractivity contribution in [2.75, 3.05) is 6.79 Å². The number of unbranched alkanes of at least 4 members (excludes halogenated alkanes) is 10. The number of hydrogen-bond donors (Lipinski definition) is 1. The van der Waals surface area contributed by atoms with Gasteiger partial charge in [0.25, 0.3) is 0 Å². The zero-order valence-electron chi connectivity index (χ0n) is 18.9. The van der Waals surface area contributed by atoms with Crippen LogP contribution in [0, 0.1) is 5.92 Å². The fourth-order valence-corrected chi connectivity index (χ4v) is 3.98. The number of benzene rings is 1. The Morgan fingerprint density at radius 1 is 0.933 bits per heavy atom. The first kappa shape index (κ1) is 24.3.